The minimum Gasteiger partial charge on any atom is -0.481 e. The van der Waals surface area contributed by atoms with Crippen molar-refractivity contribution in [2.75, 3.05) is 20.3 Å². The van der Waals surface area contributed by atoms with Crippen molar-refractivity contribution >= 4 is 23.5 Å². The molecule has 142 valence electrons. The van der Waals surface area contributed by atoms with E-state index in [2.05, 4.69) is 10.6 Å². The topological polar surface area (TPSA) is 148 Å². The van der Waals surface area contributed by atoms with Crippen LogP contribution in [0.1, 0.15) is 30.1 Å². The third-order valence-corrected chi connectivity index (χ3v) is 3.42. The predicted octanol–water partition coefficient (Wildman–Crippen LogP) is 0.711. The minimum absolute atomic E-state index is 0.0256. The number of rotatable bonds is 10. The van der Waals surface area contributed by atoms with Crippen molar-refractivity contribution in [3.8, 4) is 0 Å². The summed E-state index contributed by atoms with van der Waals surface area (Å²) in [6, 6.07) is 5.06. The van der Waals surface area contributed by atoms with Crippen LogP contribution < -0.4 is 10.6 Å². The fourth-order valence-electron chi connectivity index (χ4n) is 2.31. The molecule has 0 aromatic heterocycles. The number of aliphatic carboxylic acids is 1. The molecule has 2 amide bonds. The molecule has 0 saturated heterocycles. The lowest BCUT2D eigenvalue weighted by Crippen LogP contribution is -2.51. The highest BCUT2D eigenvalue weighted by Gasteiger charge is 2.29. The first-order chi connectivity index (χ1) is 12.2. The van der Waals surface area contributed by atoms with Crippen LogP contribution in [0, 0.1) is 10.1 Å². The van der Waals surface area contributed by atoms with E-state index < -0.39 is 28.2 Å². The van der Waals surface area contributed by atoms with Gasteiger partial charge in [-0.05, 0) is 19.1 Å². The third-order valence-electron chi connectivity index (χ3n) is 3.42. The molecule has 3 N–H and O–H groups in total. The molecular formula is C16H21N3O7. The van der Waals surface area contributed by atoms with Crippen molar-refractivity contribution in [2.45, 2.75) is 25.3 Å². The highest BCUT2D eigenvalue weighted by Crippen LogP contribution is 2.12. The molecule has 1 aromatic carbocycles. The van der Waals surface area contributed by atoms with E-state index in [9.17, 15) is 24.5 Å². The van der Waals surface area contributed by atoms with E-state index in [-0.39, 0.29) is 37.2 Å². The van der Waals surface area contributed by atoms with Gasteiger partial charge >= 0.3 is 5.97 Å². The molecule has 26 heavy (non-hydrogen) atoms. The molecule has 10 heteroatoms. The normalized spacial score (nSPS) is 12.7. The van der Waals surface area contributed by atoms with Gasteiger partial charge in [-0.15, -0.1) is 0 Å². The van der Waals surface area contributed by atoms with Gasteiger partial charge in [-0.1, -0.05) is 0 Å². The average Bonchev–Trinajstić information content (AvgIpc) is 2.53. The maximum absolute atomic E-state index is 12.0. The maximum Gasteiger partial charge on any atom is 0.305 e. The Morgan fingerprint density at radius 1 is 1.27 bits per heavy atom. The van der Waals surface area contributed by atoms with Crippen molar-refractivity contribution in [1.29, 1.82) is 0 Å². The Morgan fingerprint density at radius 3 is 2.38 bits per heavy atom. The van der Waals surface area contributed by atoms with Crippen LogP contribution in [-0.4, -0.2) is 53.6 Å². The van der Waals surface area contributed by atoms with Crippen LogP contribution in [0.3, 0.4) is 0 Å². The Morgan fingerprint density at radius 2 is 1.88 bits per heavy atom. The average molecular weight is 367 g/mol. The number of nitrogens with zero attached hydrogens (tertiary/aromatic N) is 1. The van der Waals surface area contributed by atoms with E-state index in [4.69, 9.17) is 9.84 Å². The van der Waals surface area contributed by atoms with E-state index in [1.54, 1.807) is 6.92 Å². The molecule has 0 aliphatic rings. The summed E-state index contributed by atoms with van der Waals surface area (Å²) in [4.78, 5) is 44.8. The van der Waals surface area contributed by atoms with Gasteiger partial charge in [0.15, 0.2) is 0 Å². The molecule has 0 saturated carbocycles. The number of hydrogen-bond acceptors (Lipinski definition) is 6. The number of non-ortho nitro benzene ring substituents is 1. The summed E-state index contributed by atoms with van der Waals surface area (Å²) in [5, 5.41) is 24.6. The van der Waals surface area contributed by atoms with Crippen LogP contribution in [0.15, 0.2) is 24.3 Å². The highest BCUT2D eigenvalue weighted by molar-refractivity contribution is 5.94. The summed E-state index contributed by atoms with van der Waals surface area (Å²) in [5.41, 5.74) is -0.956. The number of ether oxygens (including phenoxy) is 1. The van der Waals surface area contributed by atoms with Crippen molar-refractivity contribution in [2.24, 2.45) is 0 Å². The Bertz CT molecular complexity index is 675. The van der Waals surface area contributed by atoms with Crippen LogP contribution in [0.2, 0.25) is 0 Å². The first kappa shape index (κ1) is 21.0. The van der Waals surface area contributed by atoms with Crippen LogP contribution in [0.4, 0.5) is 5.69 Å². The maximum atomic E-state index is 12.0. The van der Waals surface area contributed by atoms with Crippen molar-refractivity contribution in [3.05, 3.63) is 39.9 Å². The molecule has 0 aliphatic heterocycles. The van der Waals surface area contributed by atoms with Gasteiger partial charge in [0.05, 0.1) is 23.5 Å². The summed E-state index contributed by atoms with van der Waals surface area (Å²) in [5.74, 6) is -1.98. The van der Waals surface area contributed by atoms with Crippen molar-refractivity contribution in [3.63, 3.8) is 0 Å². The fraction of sp³-hybridized carbons (Fsp3) is 0.438. The molecule has 0 radical (unpaired) electrons. The second-order valence-electron chi connectivity index (χ2n) is 5.92. The number of carbonyl (C=O) groups excluding carboxylic acids is 2. The van der Waals surface area contributed by atoms with Crippen LogP contribution >= 0.6 is 0 Å². The zero-order valence-corrected chi connectivity index (χ0v) is 14.5. The summed E-state index contributed by atoms with van der Waals surface area (Å²) in [6.45, 7) is 1.61. The largest absolute Gasteiger partial charge is 0.481 e. The molecule has 0 fully saturated rings. The first-order valence-electron chi connectivity index (χ1n) is 7.71. The Hall–Kier alpha value is -3.01. The van der Waals surface area contributed by atoms with Gasteiger partial charge < -0.3 is 20.5 Å². The van der Waals surface area contributed by atoms with Gasteiger partial charge in [-0.25, -0.2) is 0 Å². The van der Waals surface area contributed by atoms with Gasteiger partial charge in [-0.2, -0.15) is 0 Å². The summed E-state index contributed by atoms with van der Waals surface area (Å²) >= 11 is 0. The van der Waals surface area contributed by atoms with Crippen LogP contribution in [0.25, 0.3) is 0 Å². The molecular weight excluding hydrogens is 346 g/mol. The number of nitrogens with one attached hydrogen (secondary N) is 2. The monoisotopic (exact) mass is 367 g/mol. The zero-order chi connectivity index (χ0) is 19.7. The van der Waals surface area contributed by atoms with E-state index in [1.807, 2.05) is 0 Å². The van der Waals surface area contributed by atoms with E-state index >= 15 is 0 Å². The van der Waals surface area contributed by atoms with Gasteiger partial charge in [0.25, 0.3) is 11.6 Å². The van der Waals surface area contributed by atoms with E-state index in [1.165, 1.54) is 31.4 Å². The summed E-state index contributed by atoms with van der Waals surface area (Å²) in [7, 11) is 1.40. The number of carboxylic acid groups (broad SMARTS) is 1. The van der Waals surface area contributed by atoms with Crippen LogP contribution in [-0.2, 0) is 14.3 Å². The highest BCUT2D eigenvalue weighted by atomic mass is 16.6. The smallest absolute Gasteiger partial charge is 0.305 e. The van der Waals surface area contributed by atoms with E-state index in [0.717, 1.165) is 0 Å². The number of carboxylic acids is 1. The number of hydrogen-bond donors (Lipinski definition) is 3. The molecule has 1 aromatic rings. The van der Waals surface area contributed by atoms with Crippen LogP contribution in [0.5, 0.6) is 0 Å². The molecule has 0 spiro atoms. The molecule has 1 atom stereocenters. The zero-order valence-electron chi connectivity index (χ0n) is 14.5. The summed E-state index contributed by atoms with van der Waals surface area (Å²) in [6.07, 6.45) is -0.362. The van der Waals surface area contributed by atoms with E-state index in [0.29, 0.717) is 0 Å². The molecule has 1 rings (SSSR count). The van der Waals surface area contributed by atoms with Gasteiger partial charge in [0.2, 0.25) is 5.91 Å². The lowest BCUT2D eigenvalue weighted by atomic mass is 9.98. The fourth-order valence-corrected chi connectivity index (χ4v) is 2.31. The molecule has 1 unspecified atom stereocenters. The molecule has 0 bridgehead atoms. The lowest BCUT2D eigenvalue weighted by Gasteiger charge is -2.28. The number of methoxy groups -OCH3 is 1. The minimum atomic E-state index is -1.07. The molecule has 0 aliphatic carbocycles. The standard InChI is InChI=1S/C16H21N3O7/c1-16(10-26-2,9-14(21)22)18-13(20)7-8-17-15(23)11-3-5-12(6-4-11)19(24)25/h3-6H,7-10H2,1-2H3,(H,17,23)(H,18,20)(H,21,22). The van der Waals surface area contributed by atoms with Crippen molar-refractivity contribution < 1.29 is 29.2 Å². The van der Waals surface area contributed by atoms with Gasteiger partial charge in [-0.3, -0.25) is 24.5 Å². The predicted molar refractivity (Wildman–Crippen MR) is 90.7 cm³/mol. The number of benzene rings is 1. The van der Waals surface area contributed by atoms with Gasteiger partial charge in [0.1, 0.15) is 0 Å². The molecule has 0 heterocycles. The second kappa shape index (κ2) is 9.47. The summed E-state index contributed by atoms with van der Waals surface area (Å²) < 4.78 is 4.94. The van der Waals surface area contributed by atoms with Crippen molar-refractivity contribution in [1.82, 2.24) is 10.6 Å². The Kier molecular flexibility index (Phi) is 7.66. The third kappa shape index (κ3) is 6.85. The number of nitro benzene ring substituents is 1. The quantitative estimate of drug-likeness (QED) is 0.407. The number of carbonyl (C=O) groups is 3. The van der Waals surface area contributed by atoms with Gasteiger partial charge in [0, 0.05) is 37.8 Å². The number of amides is 2. The Labute approximate surface area is 149 Å². The Balaban J connectivity index is 2.50. The molecule has 10 nitrogen and oxygen atoms in total. The first-order valence-corrected chi connectivity index (χ1v) is 7.71. The second-order valence-corrected chi connectivity index (χ2v) is 5.92. The lowest BCUT2D eigenvalue weighted by molar-refractivity contribution is -0.384. The SMILES string of the molecule is COCC(C)(CC(=O)O)NC(=O)CCNC(=O)c1ccc([N+](=O)[O-])cc1. The number of nitro groups is 1.